The van der Waals surface area contributed by atoms with Gasteiger partial charge in [-0.1, -0.05) is 35.9 Å². The van der Waals surface area contributed by atoms with Gasteiger partial charge in [-0.05, 0) is 23.8 Å². The van der Waals surface area contributed by atoms with Crippen molar-refractivity contribution in [2.45, 2.75) is 6.42 Å². The van der Waals surface area contributed by atoms with Crippen molar-refractivity contribution < 1.29 is 13.6 Å². The van der Waals surface area contributed by atoms with Crippen LogP contribution >= 0.6 is 11.6 Å². The molecular formula is C14H9ClF2O. The summed E-state index contributed by atoms with van der Waals surface area (Å²) in [5.74, 6) is -2.34. The summed E-state index contributed by atoms with van der Waals surface area (Å²) in [5, 5.41) is 0.405. The smallest absolute Gasteiger partial charge is 0.173 e. The Bertz CT molecular complexity index is 576. The molecule has 0 unspecified atom stereocenters. The van der Waals surface area contributed by atoms with Crippen molar-refractivity contribution in [1.82, 2.24) is 0 Å². The van der Waals surface area contributed by atoms with Crippen LogP contribution in [0.1, 0.15) is 15.9 Å². The van der Waals surface area contributed by atoms with E-state index < -0.39 is 23.0 Å². The van der Waals surface area contributed by atoms with Crippen molar-refractivity contribution in [2.24, 2.45) is 0 Å². The van der Waals surface area contributed by atoms with Crippen LogP contribution in [-0.2, 0) is 6.42 Å². The number of hydrogen-bond donors (Lipinski definition) is 0. The van der Waals surface area contributed by atoms with Gasteiger partial charge < -0.3 is 0 Å². The van der Waals surface area contributed by atoms with Gasteiger partial charge in [-0.25, -0.2) is 8.78 Å². The first kappa shape index (κ1) is 12.7. The van der Waals surface area contributed by atoms with Gasteiger partial charge in [-0.2, -0.15) is 0 Å². The third-order valence-corrected chi connectivity index (χ3v) is 2.92. The van der Waals surface area contributed by atoms with Crippen LogP contribution in [0.15, 0.2) is 42.5 Å². The van der Waals surface area contributed by atoms with E-state index in [0.717, 1.165) is 12.1 Å². The van der Waals surface area contributed by atoms with Crippen molar-refractivity contribution in [3.63, 3.8) is 0 Å². The van der Waals surface area contributed by atoms with E-state index in [1.807, 2.05) is 0 Å². The van der Waals surface area contributed by atoms with Crippen LogP contribution in [0.5, 0.6) is 0 Å². The van der Waals surface area contributed by atoms with Gasteiger partial charge in [0, 0.05) is 11.4 Å². The molecular weight excluding hydrogens is 258 g/mol. The first-order chi connectivity index (χ1) is 8.59. The third kappa shape index (κ3) is 2.57. The number of carbonyl (C=O) groups excluding carboxylic acids is 1. The van der Waals surface area contributed by atoms with Crippen LogP contribution in [0.25, 0.3) is 0 Å². The van der Waals surface area contributed by atoms with Crippen LogP contribution in [0.2, 0.25) is 5.02 Å². The zero-order valence-corrected chi connectivity index (χ0v) is 10.0. The summed E-state index contributed by atoms with van der Waals surface area (Å²) in [6.45, 7) is 0. The lowest BCUT2D eigenvalue weighted by molar-refractivity contribution is 0.0985. The van der Waals surface area contributed by atoms with E-state index in [2.05, 4.69) is 0 Å². The van der Waals surface area contributed by atoms with Gasteiger partial charge in [-0.15, -0.1) is 0 Å². The standard InChI is InChI=1S/C14H9ClF2O/c15-10-5-2-1-4-9(10)8-13(18)14-11(16)6-3-7-12(14)17/h1-7H,8H2. The summed E-state index contributed by atoms with van der Waals surface area (Å²) < 4.78 is 26.8. The highest BCUT2D eigenvalue weighted by Crippen LogP contribution is 2.19. The van der Waals surface area contributed by atoms with Crippen LogP contribution < -0.4 is 0 Å². The molecule has 4 heteroatoms. The van der Waals surface area contributed by atoms with Crippen LogP contribution in [-0.4, -0.2) is 5.78 Å². The van der Waals surface area contributed by atoms with E-state index in [9.17, 15) is 13.6 Å². The van der Waals surface area contributed by atoms with Gasteiger partial charge in [0.2, 0.25) is 0 Å². The van der Waals surface area contributed by atoms with Crippen molar-refractivity contribution in [3.05, 3.63) is 70.2 Å². The molecule has 2 rings (SSSR count). The normalized spacial score (nSPS) is 10.4. The Morgan fingerprint density at radius 2 is 1.61 bits per heavy atom. The van der Waals surface area contributed by atoms with Crippen molar-refractivity contribution >= 4 is 17.4 Å². The molecule has 0 aromatic heterocycles. The Kier molecular flexibility index (Phi) is 3.72. The number of benzene rings is 2. The minimum absolute atomic E-state index is 0.127. The zero-order valence-electron chi connectivity index (χ0n) is 9.29. The molecule has 0 spiro atoms. The van der Waals surface area contributed by atoms with E-state index in [1.54, 1.807) is 24.3 Å². The molecule has 2 aromatic rings. The SMILES string of the molecule is O=C(Cc1ccccc1Cl)c1c(F)cccc1F. The lowest BCUT2D eigenvalue weighted by Crippen LogP contribution is -2.09. The van der Waals surface area contributed by atoms with E-state index >= 15 is 0 Å². The Balaban J connectivity index is 2.31. The van der Waals surface area contributed by atoms with Gasteiger partial charge >= 0.3 is 0 Å². The number of hydrogen-bond acceptors (Lipinski definition) is 1. The highest BCUT2D eigenvalue weighted by molar-refractivity contribution is 6.31. The second-order valence-corrected chi connectivity index (χ2v) is 4.20. The topological polar surface area (TPSA) is 17.1 Å². The maximum absolute atomic E-state index is 13.4. The number of carbonyl (C=O) groups is 1. The highest BCUT2D eigenvalue weighted by Gasteiger charge is 2.17. The quantitative estimate of drug-likeness (QED) is 0.766. The zero-order chi connectivity index (χ0) is 13.1. The molecule has 0 fully saturated rings. The molecule has 1 nitrogen and oxygen atoms in total. The Hall–Kier alpha value is -1.74. The van der Waals surface area contributed by atoms with E-state index in [4.69, 9.17) is 11.6 Å². The third-order valence-electron chi connectivity index (χ3n) is 2.55. The fraction of sp³-hybridized carbons (Fsp3) is 0.0714. The summed E-state index contributed by atoms with van der Waals surface area (Å²) in [4.78, 5) is 11.9. The summed E-state index contributed by atoms with van der Waals surface area (Å²) in [6.07, 6.45) is -0.127. The highest BCUT2D eigenvalue weighted by atomic mass is 35.5. The van der Waals surface area contributed by atoms with Gasteiger partial charge in [0.05, 0.1) is 5.56 Å². The lowest BCUT2D eigenvalue weighted by Gasteiger charge is -2.05. The maximum atomic E-state index is 13.4. The maximum Gasteiger partial charge on any atom is 0.173 e. The minimum atomic E-state index is -0.855. The molecule has 2 aromatic carbocycles. The largest absolute Gasteiger partial charge is 0.294 e. The molecule has 0 N–H and O–H groups in total. The molecule has 0 aliphatic heterocycles. The Labute approximate surface area is 108 Å². The number of Topliss-reactive ketones (excluding diaryl/α,β-unsaturated/α-hetero) is 1. The van der Waals surface area contributed by atoms with Gasteiger partial charge in [-0.3, -0.25) is 4.79 Å². The summed E-state index contributed by atoms with van der Waals surface area (Å²) in [7, 11) is 0. The summed E-state index contributed by atoms with van der Waals surface area (Å²) >= 11 is 5.90. The van der Waals surface area contributed by atoms with Crippen LogP contribution in [0, 0.1) is 11.6 Å². The van der Waals surface area contributed by atoms with Crippen LogP contribution in [0.3, 0.4) is 0 Å². The number of halogens is 3. The molecule has 0 heterocycles. The fourth-order valence-electron chi connectivity index (χ4n) is 1.67. The lowest BCUT2D eigenvalue weighted by atomic mass is 10.0. The predicted molar refractivity (Wildman–Crippen MR) is 65.8 cm³/mol. The molecule has 0 saturated heterocycles. The van der Waals surface area contributed by atoms with Crippen LogP contribution in [0.4, 0.5) is 8.78 Å². The molecule has 18 heavy (non-hydrogen) atoms. The van der Waals surface area contributed by atoms with Crippen molar-refractivity contribution in [3.8, 4) is 0 Å². The second-order valence-electron chi connectivity index (χ2n) is 3.79. The van der Waals surface area contributed by atoms with Gasteiger partial charge in [0.1, 0.15) is 11.6 Å². The Morgan fingerprint density at radius 1 is 1.00 bits per heavy atom. The van der Waals surface area contributed by atoms with E-state index in [-0.39, 0.29) is 6.42 Å². The Morgan fingerprint density at radius 3 is 2.22 bits per heavy atom. The first-order valence-corrected chi connectivity index (χ1v) is 5.68. The van der Waals surface area contributed by atoms with Crippen molar-refractivity contribution in [2.75, 3.05) is 0 Å². The predicted octanol–water partition coefficient (Wildman–Crippen LogP) is 4.04. The summed E-state index contributed by atoms with van der Waals surface area (Å²) in [5.41, 5.74) is 0.0317. The molecule has 0 aliphatic carbocycles. The van der Waals surface area contributed by atoms with E-state index in [1.165, 1.54) is 6.07 Å². The first-order valence-electron chi connectivity index (χ1n) is 5.30. The number of rotatable bonds is 3. The van der Waals surface area contributed by atoms with Crippen molar-refractivity contribution in [1.29, 1.82) is 0 Å². The minimum Gasteiger partial charge on any atom is -0.294 e. The van der Waals surface area contributed by atoms with Gasteiger partial charge in [0.15, 0.2) is 5.78 Å². The summed E-state index contributed by atoms with van der Waals surface area (Å²) in [6, 6.07) is 10.1. The molecule has 0 atom stereocenters. The average Bonchev–Trinajstić information content (AvgIpc) is 2.32. The molecule has 0 aliphatic rings. The number of ketones is 1. The van der Waals surface area contributed by atoms with Gasteiger partial charge in [0.25, 0.3) is 0 Å². The fourth-order valence-corrected chi connectivity index (χ4v) is 1.87. The second kappa shape index (κ2) is 5.27. The molecule has 0 amide bonds. The molecule has 0 radical (unpaired) electrons. The molecule has 0 saturated carbocycles. The monoisotopic (exact) mass is 266 g/mol. The molecule has 92 valence electrons. The van der Waals surface area contributed by atoms with E-state index in [0.29, 0.717) is 10.6 Å². The average molecular weight is 267 g/mol. The molecule has 0 bridgehead atoms.